The minimum absolute atomic E-state index is 0.0317. The van der Waals surface area contributed by atoms with Gasteiger partial charge in [0.2, 0.25) is 5.91 Å². The Balaban J connectivity index is 0.000000202. The Morgan fingerprint density at radius 1 is 1.19 bits per heavy atom. The van der Waals surface area contributed by atoms with Gasteiger partial charge in [0.15, 0.2) is 0 Å². The minimum Gasteiger partial charge on any atom is -0.346 e. The molecule has 200 valence electrons. The largest absolute Gasteiger partial charge is 0.346 e. The number of benzene rings is 1. The number of carbonyl (C=O) groups excluding carboxylic acids is 1. The van der Waals surface area contributed by atoms with Crippen LogP contribution in [0.1, 0.15) is 89.4 Å². The predicted octanol–water partition coefficient (Wildman–Crippen LogP) is 6.84. The smallest absolute Gasteiger partial charge is 0.222 e. The normalized spacial score (nSPS) is 19.3. The molecule has 0 aromatic heterocycles. The third-order valence-corrected chi connectivity index (χ3v) is 8.12. The number of amides is 1. The van der Waals surface area contributed by atoms with Crippen molar-refractivity contribution in [3.8, 4) is 6.07 Å². The molecule has 3 aliphatic rings. The molecule has 1 saturated heterocycles. The number of nitrogens with zero attached hydrogens (tertiary/aromatic N) is 4. The van der Waals surface area contributed by atoms with Crippen LogP contribution < -0.4 is 10.6 Å². The van der Waals surface area contributed by atoms with Gasteiger partial charge in [0.1, 0.15) is 6.17 Å². The van der Waals surface area contributed by atoms with E-state index in [1.54, 1.807) is 12.4 Å². The van der Waals surface area contributed by atoms with E-state index in [4.69, 9.17) is 5.26 Å². The maximum Gasteiger partial charge on any atom is 0.222 e. The maximum atomic E-state index is 11.8. The molecule has 2 N–H and O–H groups in total. The summed E-state index contributed by atoms with van der Waals surface area (Å²) in [6.45, 7) is 10.4. The molecule has 9 heteroatoms. The molecule has 2 fully saturated rings. The van der Waals surface area contributed by atoms with Crippen molar-refractivity contribution in [1.29, 1.82) is 5.26 Å². The van der Waals surface area contributed by atoms with Gasteiger partial charge < -0.3 is 15.5 Å². The highest BCUT2D eigenvalue weighted by Gasteiger charge is 2.21. The van der Waals surface area contributed by atoms with Crippen LogP contribution in [0.5, 0.6) is 0 Å². The summed E-state index contributed by atoms with van der Waals surface area (Å²) < 4.78 is 1.95. The van der Waals surface area contributed by atoms with Gasteiger partial charge in [0.25, 0.3) is 0 Å². The second kappa shape index (κ2) is 17.5. The van der Waals surface area contributed by atoms with E-state index in [1.165, 1.54) is 32.1 Å². The van der Waals surface area contributed by atoms with Crippen molar-refractivity contribution < 1.29 is 4.79 Å². The molecule has 1 saturated carbocycles. The summed E-state index contributed by atoms with van der Waals surface area (Å²) in [4.78, 5) is 18.1. The second-order valence-electron chi connectivity index (χ2n) is 9.73. The zero-order valence-electron chi connectivity index (χ0n) is 22.0. The molecule has 1 aliphatic carbocycles. The van der Waals surface area contributed by atoms with Crippen molar-refractivity contribution in [2.45, 2.75) is 78.3 Å². The number of carbonyl (C=O) groups is 1. The van der Waals surface area contributed by atoms with E-state index < -0.39 is 0 Å². The van der Waals surface area contributed by atoms with Crippen molar-refractivity contribution in [3.63, 3.8) is 0 Å². The number of hydrogen-bond acceptors (Lipinski definition) is 6. The van der Waals surface area contributed by atoms with Crippen LogP contribution in [0.4, 0.5) is 5.69 Å². The van der Waals surface area contributed by atoms with Crippen molar-refractivity contribution >= 4 is 63.7 Å². The Morgan fingerprint density at radius 2 is 1.86 bits per heavy atom. The van der Waals surface area contributed by atoms with Gasteiger partial charge >= 0.3 is 0 Å². The van der Waals surface area contributed by atoms with Crippen LogP contribution in [0.3, 0.4) is 0 Å². The molecule has 1 aromatic carbocycles. The third kappa shape index (κ3) is 10.8. The van der Waals surface area contributed by atoms with Gasteiger partial charge in [-0.05, 0) is 30.0 Å². The van der Waals surface area contributed by atoms with Crippen LogP contribution in [0.25, 0.3) is 0 Å². The first kappa shape index (κ1) is 31.2. The summed E-state index contributed by atoms with van der Waals surface area (Å²) >= 11 is 4.36. The van der Waals surface area contributed by atoms with Gasteiger partial charge in [0.05, 0.1) is 18.0 Å². The van der Waals surface area contributed by atoms with Gasteiger partial charge in [-0.1, -0.05) is 65.7 Å². The summed E-state index contributed by atoms with van der Waals surface area (Å²) in [5, 5.41) is 15.2. The van der Waals surface area contributed by atoms with E-state index in [-0.39, 0.29) is 6.17 Å². The second-order valence-corrected chi connectivity index (χ2v) is 13.7. The summed E-state index contributed by atoms with van der Waals surface area (Å²) in [5.41, 5.74) is 2.69. The van der Waals surface area contributed by atoms with Crippen molar-refractivity contribution in [3.05, 3.63) is 29.3 Å². The van der Waals surface area contributed by atoms with Crippen LogP contribution in [0.2, 0.25) is 0 Å². The summed E-state index contributed by atoms with van der Waals surface area (Å²) in [6, 6.07) is 7.71. The number of fused-ring (bicyclic) bond motifs is 1. The lowest BCUT2D eigenvalue weighted by Gasteiger charge is -2.28. The number of nitrogens with one attached hydrogen (secondary N) is 2. The van der Waals surface area contributed by atoms with Crippen LogP contribution in [-0.2, 0) is 4.79 Å². The lowest BCUT2D eigenvalue weighted by Crippen LogP contribution is -2.46. The molecule has 0 spiro atoms. The third-order valence-electron chi connectivity index (χ3n) is 7.06. The van der Waals surface area contributed by atoms with Crippen molar-refractivity contribution in [2.24, 2.45) is 16.8 Å². The fraction of sp³-hybridized carbons (Fsp3) is 0.667. The molecule has 1 amide bonds. The molecule has 0 radical (unpaired) electrons. The summed E-state index contributed by atoms with van der Waals surface area (Å²) in [6.07, 6.45) is 12.1. The predicted molar refractivity (Wildman–Crippen MR) is 166 cm³/mol. The average molecular weight is 720 g/mol. The first-order valence-corrected chi connectivity index (χ1v) is 15.2. The molecule has 1 aromatic rings. The Hall–Kier alpha value is -0.970. The molecule has 4 rings (SSSR count). The SMILES string of the molecule is CC1CCCCC1.CCC(CC)CC(=O)N1CCNCC1.N#Cc1ccc2c(c1)C(N(I)I)N=CN2. The van der Waals surface area contributed by atoms with E-state index in [0.717, 1.165) is 62.6 Å². The lowest BCUT2D eigenvalue weighted by molar-refractivity contribution is -0.132. The Morgan fingerprint density at radius 3 is 2.39 bits per heavy atom. The number of hydrogen-bond donors (Lipinski definition) is 2. The molecule has 2 aliphatic heterocycles. The molecule has 7 nitrogen and oxygen atoms in total. The maximum absolute atomic E-state index is 11.8. The minimum atomic E-state index is -0.0317. The fourth-order valence-electron chi connectivity index (χ4n) is 4.56. The summed E-state index contributed by atoms with van der Waals surface area (Å²) in [5.74, 6) is 1.96. The molecule has 2 heterocycles. The van der Waals surface area contributed by atoms with E-state index in [0.29, 0.717) is 17.4 Å². The first-order chi connectivity index (χ1) is 17.4. The van der Waals surface area contributed by atoms with Crippen molar-refractivity contribution in [1.82, 2.24) is 11.5 Å². The number of rotatable bonds is 5. The average Bonchev–Trinajstić information content (AvgIpc) is 2.92. The van der Waals surface area contributed by atoms with E-state index >= 15 is 0 Å². The molecule has 0 bridgehead atoms. The fourth-order valence-corrected chi connectivity index (χ4v) is 5.45. The highest BCUT2D eigenvalue weighted by molar-refractivity contribution is 14.2. The van der Waals surface area contributed by atoms with E-state index in [2.05, 4.69) is 88.2 Å². The highest BCUT2D eigenvalue weighted by atomic mass is 127. The van der Waals surface area contributed by atoms with Crippen LogP contribution in [0.15, 0.2) is 23.2 Å². The lowest BCUT2D eigenvalue weighted by atomic mass is 9.91. The Kier molecular flexibility index (Phi) is 15.2. The molecular weight excluding hydrogens is 678 g/mol. The number of aliphatic imine (C=N–C) groups is 1. The molecular formula is C27H42I2N6O. The van der Waals surface area contributed by atoms with Crippen LogP contribution in [-0.4, -0.2) is 44.7 Å². The van der Waals surface area contributed by atoms with Gasteiger partial charge in [0, 0.05) is 89.6 Å². The Labute approximate surface area is 245 Å². The molecule has 1 atom stereocenters. The molecule has 1 unspecified atom stereocenters. The monoisotopic (exact) mass is 720 g/mol. The van der Waals surface area contributed by atoms with Gasteiger partial charge in [-0.2, -0.15) is 6.59 Å². The number of piperazine rings is 1. The van der Waals surface area contributed by atoms with Crippen LogP contribution in [0, 0.1) is 23.2 Å². The van der Waals surface area contributed by atoms with E-state index in [1.807, 2.05) is 18.4 Å². The quantitative estimate of drug-likeness (QED) is 0.257. The number of halogens is 2. The van der Waals surface area contributed by atoms with Gasteiger partial charge in [-0.3, -0.25) is 4.79 Å². The number of nitriles is 1. The van der Waals surface area contributed by atoms with Gasteiger partial charge in [-0.25, -0.2) is 4.99 Å². The van der Waals surface area contributed by atoms with E-state index in [9.17, 15) is 4.79 Å². The number of anilines is 1. The van der Waals surface area contributed by atoms with Gasteiger partial charge in [-0.15, -0.1) is 0 Å². The topological polar surface area (TPSA) is 83.8 Å². The van der Waals surface area contributed by atoms with Crippen molar-refractivity contribution in [2.75, 3.05) is 31.5 Å². The Bertz CT molecular complexity index is 856. The highest BCUT2D eigenvalue weighted by Crippen LogP contribution is 2.36. The first-order valence-electron chi connectivity index (χ1n) is 13.3. The zero-order chi connectivity index (χ0) is 26.3. The summed E-state index contributed by atoms with van der Waals surface area (Å²) in [7, 11) is 0. The standard InChI is InChI=1S/C11H22N2O.C9H6I2N4.C7H14/c1-3-10(4-2)9-11(14)13-7-5-12-6-8-13;10-15(11)9-7-3-6(4-12)1-2-8(7)13-5-14-9;1-7-5-3-2-4-6-7/h10,12H,3-9H2,1-2H3;1-3,5,9H,(H,13,14);7H,2-6H2,1H3. The zero-order valence-corrected chi connectivity index (χ0v) is 26.3. The molecule has 36 heavy (non-hydrogen) atoms. The van der Waals surface area contributed by atoms with Crippen LogP contribution >= 0.6 is 45.7 Å².